The second kappa shape index (κ2) is 3.39. The second-order valence-corrected chi connectivity index (χ2v) is 2.58. The molecule has 0 radical (unpaired) electrons. The summed E-state index contributed by atoms with van der Waals surface area (Å²) in [5.41, 5.74) is 2.12. The number of benzene rings is 1. The fourth-order valence-electron chi connectivity index (χ4n) is 1.08. The van der Waals surface area contributed by atoms with Crippen LogP contribution in [0.3, 0.4) is 0 Å². The first-order valence-corrected chi connectivity index (χ1v) is 3.63. The molecule has 60 valence electrons. The molecule has 0 bridgehead atoms. The van der Waals surface area contributed by atoms with Gasteiger partial charge in [0.25, 0.3) is 0 Å². The molecule has 0 aromatic heterocycles. The van der Waals surface area contributed by atoms with Crippen LogP contribution in [0.5, 0.6) is 5.75 Å². The van der Waals surface area contributed by atoms with Gasteiger partial charge in [-0.05, 0) is 36.6 Å². The molecule has 0 saturated carbocycles. The van der Waals surface area contributed by atoms with Crippen LogP contribution < -0.4 is 0 Å². The summed E-state index contributed by atoms with van der Waals surface area (Å²) in [5.74, 6) is 0.282. The van der Waals surface area contributed by atoms with Crippen molar-refractivity contribution in [3.8, 4) is 5.75 Å². The predicted octanol–water partition coefficient (Wildman–Crippen LogP) is 1.24. The molecule has 11 heavy (non-hydrogen) atoms. The lowest BCUT2D eigenvalue weighted by Crippen LogP contribution is -1.92. The van der Waals surface area contributed by atoms with Crippen molar-refractivity contribution in [3.05, 3.63) is 29.3 Å². The molecule has 2 nitrogen and oxygen atoms in total. The molecule has 1 rings (SSSR count). The van der Waals surface area contributed by atoms with Crippen molar-refractivity contribution in [1.82, 2.24) is 0 Å². The summed E-state index contributed by atoms with van der Waals surface area (Å²) < 4.78 is 0. The standard InChI is InChI=1S/C9H12O2/c1-7-6-9(11)3-2-8(7)4-5-10/h2-3,6,10-11H,4-5H2,1H3. The molecular formula is C9H12O2. The minimum absolute atomic E-state index is 0.158. The quantitative estimate of drug-likeness (QED) is 0.669. The minimum Gasteiger partial charge on any atom is -0.508 e. The Bertz CT molecular complexity index is 243. The summed E-state index contributed by atoms with van der Waals surface area (Å²) in [5, 5.41) is 17.7. The van der Waals surface area contributed by atoms with Gasteiger partial charge in [-0.25, -0.2) is 0 Å². The van der Waals surface area contributed by atoms with Crippen molar-refractivity contribution in [2.45, 2.75) is 13.3 Å². The zero-order chi connectivity index (χ0) is 8.27. The van der Waals surface area contributed by atoms with Crippen molar-refractivity contribution in [2.75, 3.05) is 6.61 Å². The fourth-order valence-corrected chi connectivity index (χ4v) is 1.08. The molecule has 1 aromatic carbocycles. The van der Waals surface area contributed by atoms with Crippen molar-refractivity contribution in [2.24, 2.45) is 0 Å². The lowest BCUT2D eigenvalue weighted by atomic mass is 10.1. The first kappa shape index (κ1) is 8.08. The normalized spacial score (nSPS) is 10.0. The van der Waals surface area contributed by atoms with Gasteiger partial charge in [0.2, 0.25) is 0 Å². The van der Waals surface area contributed by atoms with E-state index in [1.54, 1.807) is 12.1 Å². The van der Waals surface area contributed by atoms with E-state index in [-0.39, 0.29) is 12.4 Å². The molecule has 2 heteroatoms. The number of hydrogen-bond donors (Lipinski definition) is 2. The fraction of sp³-hybridized carbons (Fsp3) is 0.333. The van der Waals surface area contributed by atoms with Crippen molar-refractivity contribution in [3.63, 3.8) is 0 Å². The molecule has 0 spiro atoms. The molecule has 0 aliphatic rings. The minimum atomic E-state index is 0.158. The molecule has 0 fully saturated rings. The number of aliphatic hydroxyl groups excluding tert-OH is 1. The Morgan fingerprint density at radius 2 is 2.09 bits per heavy atom. The number of rotatable bonds is 2. The molecule has 0 unspecified atom stereocenters. The van der Waals surface area contributed by atoms with Gasteiger partial charge in [-0.2, -0.15) is 0 Å². The smallest absolute Gasteiger partial charge is 0.115 e. The van der Waals surface area contributed by atoms with E-state index in [1.807, 2.05) is 13.0 Å². The number of aryl methyl sites for hydroxylation is 1. The average molecular weight is 152 g/mol. The second-order valence-electron chi connectivity index (χ2n) is 2.58. The van der Waals surface area contributed by atoms with Crippen LogP contribution in [-0.4, -0.2) is 16.8 Å². The van der Waals surface area contributed by atoms with E-state index in [1.165, 1.54) is 0 Å². The summed E-state index contributed by atoms with van der Waals surface area (Å²) in [6, 6.07) is 5.17. The molecule has 0 atom stereocenters. The number of aromatic hydroxyl groups is 1. The maximum Gasteiger partial charge on any atom is 0.115 e. The van der Waals surface area contributed by atoms with Gasteiger partial charge >= 0.3 is 0 Å². The van der Waals surface area contributed by atoms with Gasteiger partial charge in [-0.15, -0.1) is 0 Å². The third-order valence-electron chi connectivity index (χ3n) is 1.71. The number of phenolic OH excluding ortho intramolecular Hbond substituents is 1. The van der Waals surface area contributed by atoms with Crippen LogP contribution in [0.1, 0.15) is 11.1 Å². The Hall–Kier alpha value is -1.02. The van der Waals surface area contributed by atoms with E-state index in [0.29, 0.717) is 6.42 Å². The summed E-state index contributed by atoms with van der Waals surface area (Å²) in [6.07, 6.45) is 0.659. The number of phenols is 1. The Morgan fingerprint density at radius 3 is 2.64 bits per heavy atom. The Kier molecular flexibility index (Phi) is 2.49. The predicted molar refractivity (Wildman–Crippen MR) is 43.6 cm³/mol. The van der Waals surface area contributed by atoms with E-state index in [2.05, 4.69) is 0 Å². The van der Waals surface area contributed by atoms with Gasteiger partial charge in [-0.1, -0.05) is 6.07 Å². The van der Waals surface area contributed by atoms with E-state index in [9.17, 15) is 0 Å². The average Bonchev–Trinajstić information content (AvgIpc) is 1.95. The highest BCUT2D eigenvalue weighted by Gasteiger charge is 1.97. The zero-order valence-electron chi connectivity index (χ0n) is 6.54. The van der Waals surface area contributed by atoms with E-state index in [0.717, 1.165) is 11.1 Å². The van der Waals surface area contributed by atoms with E-state index >= 15 is 0 Å². The summed E-state index contributed by atoms with van der Waals surface area (Å²) >= 11 is 0. The van der Waals surface area contributed by atoms with Gasteiger partial charge in [0.15, 0.2) is 0 Å². The molecule has 0 heterocycles. The highest BCUT2D eigenvalue weighted by molar-refractivity contribution is 5.33. The van der Waals surface area contributed by atoms with Crippen LogP contribution in [0, 0.1) is 6.92 Å². The van der Waals surface area contributed by atoms with Gasteiger partial charge in [-0.3, -0.25) is 0 Å². The summed E-state index contributed by atoms with van der Waals surface area (Å²) in [6.45, 7) is 2.08. The molecule has 0 amide bonds. The molecule has 2 N–H and O–H groups in total. The monoisotopic (exact) mass is 152 g/mol. The summed E-state index contributed by atoms with van der Waals surface area (Å²) in [4.78, 5) is 0. The van der Waals surface area contributed by atoms with Crippen LogP contribution in [0.15, 0.2) is 18.2 Å². The first-order valence-electron chi connectivity index (χ1n) is 3.63. The first-order chi connectivity index (χ1) is 5.24. The van der Waals surface area contributed by atoms with Gasteiger partial charge < -0.3 is 10.2 Å². The van der Waals surface area contributed by atoms with Gasteiger partial charge in [0, 0.05) is 6.61 Å². The highest BCUT2D eigenvalue weighted by atomic mass is 16.3. The van der Waals surface area contributed by atoms with Crippen molar-refractivity contribution >= 4 is 0 Å². The largest absolute Gasteiger partial charge is 0.508 e. The Morgan fingerprint density at radius 1 is 1.36 bits per heavy atom. The van der Waals surface area contributed by atoms with Crippen LogP contribution >= 0.6 is 0 Å². The molecule has 0 aliphatic carbocycles. The lowest BCUT2D eigenvalue weighted by Gasteiger charge is -2.02. The molecule has 0 saturated heterocycles. The maximum atomic E-state index is 9.04. The van der Waals surface area contributed by atoms with Gasteiger partial charge in [0.1, 0.15) is 5.75 Å². The van der Waals surface area contributed by atoms with Crippen LogP contribution in [0.4, 0.5) is 0 Å². The van der Waals surface area contributed by atoms with Crippen molar-refractivity contribution < 1.29 is 10.2 Å². The Balaban J connectivity index is 2.90. The third kappa shape index (κ3) is 1.95. The number of hydrogen-bond acceptors (Lipinski definition) is 2. The molecule has 0 aliphatic heterocycles. The Labute approximate surface area is 66.1 Å². The number of aliphatic hydroxyl groups is 1. The topological polar surface area (TPSA) is 40.5 Å². The lowest BCUT2D eigenvalue weighted by molar-refractivity contribution is 0.299. The SMILES string of the molecule is Cc1cc(O)ccc1CCO. The molecule has 1 aromatic rings. The van der Waals surface area contributed by atoms with Crippen LogP contribution in [0.2, 0.25) is 0 Å². The molecular weight excluding hydrogens is 140 g/mol. The van der Waals surface area contributed by atoms with Crippen molar-refractivity contribution in [1.29, 1.82) is 0 Å². The van der Waals surface area contributed by atoms with Crippen LogP contribution in [0.25, 0.3) is 0 Å². The van der Waals surface area contributed by atoms with E-state index < -0.39 is 0 Å². The highest BCUT2D eigenvalue weighted by Crippen LogP contribution is 2.15. The summed E-state index contributed by atoms with van der Waals surface area (Å²) in [7, 11) is 0. The van der Waals surface area contributed by atoms with Gasteiger partial charge in [0.05, 0.1) is 0 Å². The van der Waals surface area contributed by atoms with E-state index in [4.69, 9.17) is 10.2 Å². The maximum absolute atomic E-state index is 9.04. The van der Waals surface area contributed by atoms with Crippen LogP contribution in [-0.2, 0) is 6.42 Å². The zero-order valence-corrected chi connectivity index (χ0v) is 6.54. The third-order valence-corrected chi connectivity index (χ3v) is 1.71.